The van der Waals surface area contributed by atoms with E-state index in [1.165, 1.54) is 16.7 Å². The molecule has 1 aliphatic heterocycles. The van der Waals surface area contributed by atoms with Gasteiger partial charge in [0.2, 0.25) is 5.91 Å². The minimum atomic E-state index is 0.289. The highest BCUT2D eigenvalue weighted by atomic mass is 16.2. The Labute approximate surface area is 151 Å². The van der Waals surface area contributed by atoms with Gasteiger partial charge in [0.05, 0.1) is 0 Å². The SMILES string of the molecule is Cc1cccc(CN2CCC(N(C)Cc3ccccc3)CCC2=O)c1. The molecule has 3 rings (SSSR count). The molecule has 0 bridgehead atoms. The first kappa shape index (κ1) is 17.7. The molecule has 2 aromatic carbocycles. The Morgan fingerprint density at radius 2 is 1.80 bits per heavy atom. The topological polar surface area (TPSA) is 23.6 Å². The molecule has 0 radical (unpaired) electrons. The fourth-order valence-corrected chi connectivity index (χ4v) is 3.66. The van der Waals surface area contributed by atoms with Crippen molar-refractivity contribution in [3.63, 3.8) is 0 Å². The molecule has 132 valence electrons. The summed E-state index contributed by atoms with van der Waals surface area (Å²) in [7, 11) is 2.18. The Morgan fingerprint density at radius 3 is 2.56 bits per heavy atom. The quantitative estimate of drug-likeness (QED) is 0.824. The second kappa shape index (κ2) is 8.30. The molecule has 3 nitrogen and oxygen atoms in total. The van der Waals surface area contributed by atoms with Crippen LogP contribution >= 0.6 is 0 Å². The maximum absolute atomic E-state index is 12.5. The van der Waals surface area contributed by atoms with Gasteiger partial charge in [0.25, 0.3) is 0 Å². The summed E-state index contributed by atoms with van der Waals surface area (Å²) in [6.45, 7) is 4.62. The highest BCUT2D eigenvalue weighted by Gasteiger charge is 2.24. The van der Waals surface area contributed by atoms with Crippen LogP contribution in [0.3, 0.4) is 0 Å². The first-order chi connectivity index (χ1) is 12.1. The second-order valence-corrected chi connectivity index (χ2v) is 7.19. The lowest BCUT2D eigenvalue weighted by Crippen LogP contribution is -2.33. The van der Waals surface area contributed by atoms with Crippen molar-refractivity contribution >= 4 is 5.91 Å². The van der Waals surface area contributed by atoms with Crippen molar-refractivity contribution in [2.75, 3.05) is 13.6 Å². The van der Waals surface area contributed by atoms with Gasteiger partial charge in [-0.3, -0.25) is 9.69 Å². The number of carbonyl (C=O) groups excluding carboxylic acids is 1. The largest absolute Gasteiger partial charge is 0.338 e. The van der Waals surface area contributed by atoms with E-state index in [1.807, 2.05) is 4.90 Å². The molecule has 0 aromatic heterocycles. The monoisotopic (exact) mass is 336 g/mol. The molecule has 1 saturated heterocycles. The third-order valence-corrected chi connectivity index (χ3v) is 5.13. The minimum absolute atomic E-state index is 0.289. The Morgan fingerprint density at radius 1 is 1.04 bits per heavy atom. The molecule has 0 spiro atoms. The predicted octanol–water partition coefficient (Wildman–Crippen LogP) is 4.01. The van der Waals surface area contributed by atoms with Crippen molar-refractivity contribution in [2.24, 2.45) is 0 Å². The maximum Gasteiger partial charge on any atom is 0.222 e. The van der Waals surface area contributed by atoms with Crippen LogP contribution < -0.4 is 0 Å². The van der Waals surface area contributed by atoms with Crippen LogP contribution in [0.5, 0.6) is 0 Å². The van der Waals surface area contributed by atoms with Crippen LogP contribution in [0.1, 0.15) is 36.0 Å². The minimum Gasteiger partial charge on any atom is -0.338 e. The van der Waals surface area contributed by atoms with Crippen molar-refractivity contribution < 1.29 is 4.79 Å². The van der Waals surface area contributed by atoms with Gasteiger partial charge in [-0.2, -0.15) is 0 Å². The van der Waals surface area contributed by atoms with E-state index in [0.717, 1.165) is 32.5 Å². The molecule has 0 N–H and O–H groups in total. The van der Waals surface area contributed by atoms with Crippen LogP contribution in [0, 0.1) is 6.92 Å². The van der Waals surface area contributed by atoms with Crippen molar-refractivity contribution in [3.05, 3.63) is 71.3 Å². The summed E-state index contributed by atoms with van der Waals surface area (Å²) in [4.78, 5) is 17.0. The molecule has 3 heteroatoms. The van der Waals surface area contributed by atoms with E-state index in [1.54, 1.807) is 0 Å². The number of aryl methyl sites for hydroxylation is 1. The highest BCUT2D eigenvalue weighted by Crippen LogP contribution is 2.20. The first-order valence-corrected chi connectivity index (χ1v) is 9.19. The number of amides is 1. The van der Waals surface area contributed by atoms with Crippen LogP contribution in [-0.4, -0.2) is 35.3 Å². The Bertz CT molecular complexity index is 698. The van der Waals surface area contributed by atoms with Gasteiger partial charge >= 0.3 is 0 Å². The van der Waals surface area contributed by atoms with Crippen molar-refractivity contribution in [1.82, 2.24) is 9.80 Å². The van der Waals surface area contributed by atoms with Gasteiger partial charge in [-0.15, -0.1) is 0 Å². The second-order valence-electron chi connectivity index (χ2n) is 7.19. The van der Waals surface area contributed by atoms with E-state index < -0.39 is 0 Å². The van der Waals surface area contributed by atoms with Crippen LogP contribution in [0.25, 0.3) is 0 Å². The highest BCUT2D eigenvalue weighted by molar-refractivity contribution is 5.76. The normalized spacial score (nSPS) is 18.4. The summed E-state index contributed by atoms with van der Waals surface area (Å²) in [5, 5.41) is 0. The van der Waals surface area contributed by atoms with Crippen LogP contribution in [0.15, 0.2) is 54.6 Å². The van der Waals surface area contributed by atoms with Crippen LogP contribution in [-0.2, 0) is 17.9 Å². The molecule has 1 atom stereocenters. The molecular formula is C22H28N2O. The van der Waals surface area contributed by atoms with Gasteiger partial charge in [0.1, 0.15) is 0 Å². The van der Waals surface area contributed by atoms with E-state index in [9.17, 15) is 4.79 Å². The van der Waals surface area contributed by atoms with Gasteiger partial charge in [0, 0.05) is 32.1 Å². The molecule has 2 aromatic rings. The molecule has 1 heterocycles. The predicted molar refractivity (Wildman–Crippen MR) is 102 cm³/mol. The number of nitrogens with zero attached hydrogens (tertiary/aromatic N) is 2. The van der Waals surface area contributed by atoms with Gasteiger partial charge in [-0.05, 0) is 37.9 Å². The number of rotatable bonds is 5. The lowest BCUT2D eigenvalue weighted by Gasteiger charge is -2.27. The first-order valence-electron chi connectivity index (χ1n) is 9.19. The number of benzene rings is 2. The van der Waals surface area contributed by atoms with Crippen molar-refractivity contribution in [3.8, 4) is 0 Å². The number of carbonyl (C=O) groups is 1. The molecule has 1 aliphatic rings. The van der Waals surface area contributed by atoms with E-state index >= 15 is 0 Å². The Balaban J connectivity index is 1.59. The molecule has 0 saturated carbocycles. The lowest BCUT2D eigenvalue weighted by atomic mass is 10.1. The summed E-state index contributed by atoms with van der Waals surface area (Å²) in [5.74, 6) is 0.289. The number of hydrogen-bond donors (Lipinski definition) is 0. The van der Waals surface area contributed by atoms with E-state index in [-0.39, 0.29) is 5.91 Å². The van der Waals surface area contributed by atoms with Gasteiger partial charge in [0.15, 0.2) is 0 Å². The fraction of sp³-hybridized carbons (Fsp3) is 0.409. The van der Waals surface area contributed by atoms with E-state index in [2.05, 4.69) is 73.5 Å². The third-order valence-electron chi connectivity index (χ3n) is 5.13. The van der Waals surface area contributed by atoms with Crippen molar-refractivity contribution in [2.45, 2.75) is 45.3 Å². The average Bonchev–Trinajstić information content (AvgIpc) is 2.78. The standard InChI is InChI=1S/C22H28N2O/c1-18-7-6-10-20(15-18)17-24-14-13-21(11-12-22(24)25)23(2)16-19-8-4-3-5-9-19/h3-10,15,21H,11-14,16-17H2,1-2H3. The molecule has 0 aliphatic carbocycles. The summed E-state index contributed by atoms with van der Waals surface area (Å²) in [6, 6.07) is 19.5. The maximum atomic E-state index is 12.5. The molecule has 1 amide bonds. The molecule has 1 fully saturated rings. The summed E-state index contributed by atoms with van der Waals surface area (Å²) < 4.78 is 0. The average molecular weight is 336 g/mol. The third kappa shape index (κ3) is 4.93. The van der Waals surface area contributed by atoms with Crippen molar-refractivity contribution in [1.29, 1.82) is 0 Å². The molecule has 1 unspecified atom stereocenters. The number of hydrogen-bond acceptors (Lipinski definition) is 2. The zero-order valence-electron chi connectivity index (χ0n) is 15.3. The summed E-state index contributed by atoms with van der Waals surface area (Å²) in [6.07, 6.45) is 2.64. The van der Waals surface area contributed by atoms with Crippen LogP contribution in [0.2, 0.25) is 0 Å². The van der Waals surface area contributed by atoms with E-state index in [0.29, 0.717) is 12.5 Å². The fourth-order valence-electron chi connectivity index (χ4n) is 3.66. The molecule has 25 heavy (non-hydrogen) atoms. The lowest BCUT2D eigenvalue weighted by molar-refractivity contribution is -0.131. The van der Waals surface area contributed by atoms with E-state index in [4.69, 9.17) is 0 Å². The van der Waals surface area contributed by atoms with Gasteiger partial charge in [-0.25, -0.2) is 0 Å². The Hall–Kier alpha value is -2.13. The zero-order chi connectivity index (χ0) is 17.6. The van der Waals surface area contributed by atoms with Crippen LogP contribution in [0.4, 0.5) is 0 Å². The van der Waals surface area contributed by atoms with Gasteiger partial charge < -0.3 is 4.90 Å². The number of likely N-dealkylation sites (tertiary alicyclic amines) is 1. The zero-order valence-corrected chi connectivity index (χ0v) is 15.3. The smallest absolute Gasteiger partial charge is 0.222 e. The summed E-state index contributed by atoms with van der Waals surface area (Å²) in [5.41, 5.74) is 3.81. The summed E-state index contributed by atoms with van der Waals surface area (Å²) >= 11 is 0. The molecular weight excluding hydrogens is 308 g/mol. The van der Waals surface area contributed by atoms with Gasteiger partial charge in [-0.1, -0.05) is 60.2 Å². The Kier molecular flexibility index (Phi) is 5.87.